The van der Waals surface area contributed by atoms with Crippen molar-refractivity contribution in [2.45, 2.75) is 17.7 Å². The van der Waals surface area contributed by atoms with E-state index >= 15 is 0 Å². The predicted molar refractivity (Wildman–Crippen MR) is 61.4 cm³/mol. The normalized spacial score (nSPS) is 14.2. The lowest BCUT2D eigenvalue weighted by molar-refractivity contribution is 0.373. The summed E-state index contributed by atoms with van der Waals surface area (Å²) in [5.74, 6) is -1.84. The SMILES string of the molecule is CN=S(=O)(CCC(F)=C(F)F)c1nc(C)cs1. The van der Waals surface area contributed by atoms with Crippen molar-refractivity contribution in [3.05, 3.63) is 23.0 Å². The number of halogens is 3. The zero-order valence-corrected chi connectivity index (χ0v) is 10.9. The molecule has 96 valence electrons. The molecule has 1 heterocycles. The molecule has 3 nitrogen and oxygen atoms in total. The molecule has 0 saturated carbocycles. The minimum Gasteiger partial charge on any atom is -0.242 e. The highest BCUT2D eigenvalue weighted by atomic mass is 32.2. The molecular weight excluding hydrogens is 273 g/mol. The number of thiazole rings is 1. The number of aryl methyl sites for hydroxylation is 1. The third kappa shape index (κ3) is 3.53. The fourth-order valence-corrected chi connectivity index (χ4v) is 4.05. The van der Waals surface area contributed by atoms with E-state index in [4.69, 9.17) is 0 Å². The third-order valence-corrected chi connectivity index (χ3v) is 5.78. The first-order valence-corrected chi connectivity index (χ1v) is 7.20. The summed E-state index contributed by atoms with van der Waals surface area (Å²) in [5.41, 5.74) is 0.675. The summed E-state index contributed by atoms with van der Waals surface area (Å²) >= 11 is 1.13. The van der Waals surface area contributed by atoms with Crippen LogP contribution in [0.25, 0.3) is 0 Å². The second-order valence-electron chi connectivity index (χ2n) is 3.20. The molecule has 0 N–H and O–H groups in total. The summed E-state index contributed by atoms with van der Waals surface area (Å²) in [5, 5.41) is 1.68. The first-order chi connectivity index (χ1) is 7.89. The van der Waals surface area contributed by atoms with E-state index in [0.29, 0.717) is 5.69 Å². The molecule has 1 aromatic heterocycles. The summed E-state index contributed by atoms with van der Waals surface area (Å²) in [6.07, 6.45) is -2.98. The van der Waals surface area contributed by atoms with Crippen LogP contribution in [0.1, 0.15) is 12.1 Å². The van der Waals surface area contributed by atoms with Gasteiger partial charge in [-0.2, -0.15) is 8.78 Å². The van der Waals surface area contributed by atoms with E-state index in [1.807, 2.05) is 0 Å². The molecular formula is C9H11F3N2OS2. The van der Waals surface area contributed by atoms with E-state index in [0.717, 1.165) is 11.3 Å². The number of rotatable bonds is 4. The predicted octanol–water partition coefficient (Wildman–Crippen LogP) is 3.38. The van der Waals surface area contributed by atoms with Crippen LogP contribution in [0.4, 0.5) is 13.2 Å². The monoisotopic (exact) mass is 284 g/mol. The Balaban J connectivity index is 2.93. The van der Waals surface area contributed by atoms with E-state index < -0.39 is 28.1 Å². The van der Waals surface area contributed by atoms with Crippen LogP contribution in [0, 0.1) is 6.92 Å². The van der Waals surface area contributed by atoms with Gasteiger partial charge in [0.05, 0.1) is 0 Å². The van der Waals surface area contributed by atoms with Crippen LogP contribution < -0.4 is 0 Å². The lowest BCUT2D eigenvalue weighted by Gasteiger charge is -2.04. The van der Waals surface area contributed by atoms with E-state index in [1.54, 1.807) is 12.3 Å². The molecule has 8 heteroatoms. The topological polar surface area (TPSA) is 42.3 Å². The van der Waals surface area contributed by atoms with Crippen LogP contribution in [0.5, 0.6) is 0 Å². The molecule has 0 fully saturated rings. The zero-order chi connectivity index (χ0) is 13.1. The Kier molecular flexibility index (Phi) is 4.70. The first-order valence-electron chi connectivity index (χ1n) is 4.64. The Morgan fingerprint density at radius 3 is 2.59 bits per heavy atom. The van der Waals surface area contributed by atoms with Crippen LogP contribution in [0.3, 0.4) is 0 Å². The van der Waals surface area contributed by atoms with Crippen LogP contribution >= 0.6 is 11.3 Å². The van der Waals surface area contributed by atoms with Crippen molar-refractivity contribution >= 4 is 21.1 Å². The third-order valence-electron chi connectivity index (χ3n) is 1.97. The van der Waals surface area contributed by atoms with Gasteiger partial charge in [-0.25, -0.2) is 17.9 Å². The van der Waals surface area contributed by atoms with E-state index in [2.05, 4.69) is 9.35 Å². The highest BCUT2D eigenvalue weighted by Gasteiger charge is 2.18. The Morgan fingerprint density at radius 2 is 2.18 bits per heavy atom. The van der Waals surface area contributed by atoms with E-state index in [1.165, 1.54) is 7.05 Å². The number of hydrogen-bond donors (Lipinski definition) is 0. The van der Waals surface area contributed by atoms with Gasteiger partial charge in [0.1, 0.15) is 9.73 Å². The molecule has 0 aromatic carbocycles. The van der Waals surface area contributed by atoms with E-state index in [9.17, 15) is 17.4 Å². The van der Waals surface area contributed by atoms with Gasteiger partial charge < -0.3 is 0 Å². The maximum absolute atomic E-state index is 12.7. The van der Waals surface area contributed by atoms with Crippen molar-refractivity contribution in [2.75, 3.05) is 12.8 Å². The second kappa shape index (κ2) is 5.63. The Morgan fingerprint density at radius 1 is 1.53 bits per heavy atom. The molecule has 1 atom stereocenters. The minimum atomic E-state index is -2.89. The van der Waals surface area contributed by atoms with Crippen molar-refractivity contribution in [3.63, 3.8) is 0 Å². The summed E-state index contributed by atoms with van der Waals surface area (Å²) in [4.78, 5) is 4.00. The molecule has 0 spiro atoms. The quantitative estimate of drug-likeness (QED) is 0.850. The summed E-state index contributed by atoms with van der Waals surface area (Å²) in [6.45, 7) is 1.72. The van der Waals surface area contributed by atoms with Crippen molar-refractivity contribution in [3.8, 4) is 0 Å². The van der Waals surface area contributed by atoms with Gasteiger partial charge in [0.15, 0.2) is 10.2 Å². The van der Waals surface area contributed by atoms with Crippen molar-refractivity contribution < 1.29 is 17.4 Å². The maximum atomic E-state index is 12.7. The van der Waals surface area contributed by atoms with Gasteiger partial charge in [-0.15, -0.1) is 11.3 Å². The van der Waals surface area contributed by atoms with Gasteiger partial charge >= 0.3 is 6.08 Å². The van der Waals surface area contributed by atoms with Gasteiger partial charge in [0, 0.05) is 30.3 Å². The number of allylic oxidation sites excluding steroid dienone is 1. The fourth-order valence-electron chi connectivity index (χ4n) is 1.06. The highest BCUT2D eigenvalue weighted by molar-refractivity contribution is 7.95. The summed E-state index contributed by atoms with van der Waals surface area (Å²) in [6, 6.07) is 0. The molecule has 17 heavy (non-hydrogen) atoms. The number of nitrogens with zero attached hydrogens (tertiary/aromatic N) is 2. The van der Waals surface area contributed by atoms with Gasteiger partial charge in [0.2, 0.25) is 0 Å². The average Bonchev–Trinajstić information content (AvgIpc) is 2.72. The van der Waals surface area contributed by atoms with Crippen LogP contribution in [0.15, 0.2) is 26.0 Å². The molecule has 0 saturated heterocycles. The smallest absolute Gasteiger partial charge is 0.242 e. The van der Waals surface area contributed by atoms with Gasteiger partial charge in [-0.05, 0) is 6.92 Å². The van der Waals surface area contributed by atoms with Crippen molar-refractivity contribution in [2.24, 2.45) is 4.36 Å². The molecule has 0 aliphatic rings. The number of hydrogen-bond acceptors (Lipinski definition) is 4. The Hall–Kier alpha value is -0.890. The molecule has 0 amide bonds. The average molecular weight is 284 g/mol. The van der Waals surface area contributed by atoms with Crippen LogP contribution in [-0.4, -0.2) is 22.0 Å². The van der Waals surface area contributed by atoms with Gasteiger partial charge in [-0.1, -0.05) is 0 Å². The standard InChI is InChI=1S/C9H11F3N2OS2/c1-6-5-16-9(14-6)17(15,13-2)4-3-7(10)8(11)12/h5H,3-4H2,1-2H3. The number of aromatic nitrogens is 1. The largest absolute Gasteiger partial charge is 0.301 e. The first kappa shape index (κ1) is 14.2. The molecule has 0 aliphatic carbocycles. The molecule has 1 aromatic rings. The molecule has 0 bridgehead atoms. The zero-order valence-electron chi connectivity index (χ0n) is 9.24. The summed E-state index contributed by atoms with van der Waals surface area (Å²) < 4.78 is 52.6. The molecule has 0 radical (unpaired) electrons. The molecule has 1 unspecified atom stereocenters. The molecule has 0 aliphatic heterocycles. The second-order valence-corrected chi connectivity index (χ2v) is 6.75. The fraction of sp³-hybridized carbons (Fsp3) is 0.444. The Labute approximate surface area is 102 Å². The Bertz CT molecular complexity index is 540. The lowest BCUT2D eigenvalue weighted by atomic mass is 10.4. The summed E-state index contributed by atoms with van der Waals surface area (Å²) in [7, 11) is -1.58. The van der Waals surface area contributed by atoms with Crippen LogP contribution in [-0.2, 0) is 9.73 Å². The lowest BCUT2D eigenvalue weighted by Crippen LogP contribution is -2.07. The van der Waals surface area contributed by atoms with Crippen molar-refractivity contribution in [1.29, 1.82) is 0 Å². The van der Waals surface area contributed by atoms with E-state index in [-0.39, 0.29) is 10.1 Å². The van der Waals surface area contributed by atoms with Crippen LogP contribution in [0.2, 0.25) is 0 Å². The maximum Gasteiger partial charge on any atom is 0.301 e. The van der Waals surface area contributed by atoms with Gasteiger partial charge in [0.25, 0.3) is 0 Å². The molecule has 1 rings (SSSR count). The van der Waals surface area contributed by atoms with Crippen molar-refractivity contribution in [1.82, 2.24) is 4.98 Å². The minimum absolute atomic E-state index is 0.254. The van der Waals surface area contributed by atoms with Gasteiger partial charge in [-0.3, -0.25) is 0 Å². The highest BCUT2D eigenvalue weighted by Crippen LogP contribution is 2.22.